The number of aliphatic hydroxyl groups excluding tert-OH is 1. The molecule has 0 aliphatic heterocycles. The van der Waals surface area contributed by atoms with E-state index in [2.05, 4.69) is 24.1 Å². The normalized spacial score (nSPS) is 21.7. The molecule has 2 N–H and O–H groups in total. The zero-order valence-corrected chi connectivity index (χ0v) is 14.5. The molecular formula is C18H29N3O2. The lowest BCUT2D eigenvalue weighted by atomic mass is 9.85. The van der Waals surface area contributed by atoms with Crippen LogP contribution in [0, 0.1) is 5.92 Å². The molecule has 2 atom stereocenters. The van der Waals surface area contributed by atoms with Gasteiger partial charge in [-0.3, -0.25) is 4.98 Å². The fourth-order valence-electron chi connectivity index (χ4n) is 3.17. The Morgan fingerprint density at radius 1 is 1.35 bits per heavy atom. The number of hydrogen-bond donors (Lipinski definition) is 2. The number of carbonyl (C=O) groups excluding carboxylic acids is 1. The second-order valence-electron chi connectivity index (χ2n) is 7.27. The molecule has 0 saturated heterocycles. The van der Waals surface area contributed by atoms with Crippen LogP contribution in [-0.2, 0) is 5.41 Å². The van der Waals surface area contributed by atoms with E-state index >= 15 is 0 Å². The second-order valence-corrected chi connectivity index (χ2v) is 7.27. The molecule has 0 spiro atoms. The van der Waals surface area contributed by atoms with Gasteiger partial charge in [0.25, 0.3) is 0 Å². The van der Waals surface area contributed by atoms with Gasteiger partial charge in [0.15, 0.2) is 0 Å². The molecule has 1 fully saturated rings. The number of pyridine rings is 1. The Labute approximate surface area is 139 Å². The Bertz CT molecular complexity index is 504. The molecule has 1 aromatic rings. The Hall–Kier alpha value is -1.62. The van der Waals surface area contributed by atoms with E-state index in [9.17, 15) is 9.90 Å². The summed E-state index contributed by atoms with van der Waals surface area (Å²) in [6, 6.07) is 3.88. The standard InChI is InChI=1S/C18H29N3O2/c1-18(2,15-8-10-19-11-9-15)13-20-17(23)21(3)12-14-6-4-5-7-16(14)22/h8-11,14,16,22H,4-7,12-13H2,1-3H3,(H,20,23)/t14-,16-/m0/s1. The summed E-state index contributed by atoms with van der Waals surface area (Å²) in [5.74, 6) is 0.202. The van der Waals surface area contributed by atoms with Crippen molar-refractivity contribution < 1.29 is 9.90 Å². The first kappa shape index (κ1) is 17.7. The van der Waals surface area contributed by atoms with Gasteiger partial charge in [0.2, 0.25) is 0 Å². The van der Waals surface area contributed by atoms with E-state index < -0.39 is 0 Å². The molecule has 5 heteroatoms. The van der Waals surface area contributed by atoms with Crippen LogP contribution in [0.5, 0.6) is 0 Å². The van der Waals surface area contributed by atoms with Crippen LogP contribution in [-0.4, -0.2) is 47.3 Å². The van der Waals surface area contributed by atoms with E-state index in [0.29, 0.717) is 13.1 Å². The van der Waals surface area contributed by atoms with E-state index in [1.165, 1.54) is 0 Å². The minimum Gasteiger partial charge on any atom is -0.393 e. The summed E-state index contributed by atoms with van der Waals surface area (Å²) in [4.78, 5) is 18.1. The summed E-state index contributed by atoms with van der Waals surface area (Å²) in [6.07, 6.45) is 7.37. The van der Waals surface area contributed by atoms with Crippen molar-refractivity contribution >= 4 is 6.03 Å². The predicted octanol–water partition coefficient (Wildman–Crippen LogP) is 2.55. The average molecular weight is 319 g/mol. The van der Waals surface area contributed by atoms with Gasteiger partial charge in [-0.05, 0) is 30.5 Å². The summed E-state index contributed by atoms with van der Waals surface area (Å²) in [7, 11) is 1.80. The van der Waals surface area contributed by atoms with Gasteiger partial charge < -0.3 is 15.3 Å². The van der Waals surface area contributed by atoms with Gasteiger partial charge >= 0.3 is 6.03 Å². The van der Waals surface area contributed by atoms with Gasteiger partial charge in [-0.1, -0.05) is 26.7 Å². The van der Waals surface area contributed by atoms with Crippen LogP contribution in [0.3, 0.4) is 0 Å². The van der Waals surface area contributed by atoms with E-state index in [-0.39, 0.29) is 23.5 Å². The molecule has 2 rings (SSSR count). The number of urea groups is 1. The topological polar surface area (TPSA) is 65.5 Å². The van der Waals surface area contributed by atoms with Crippen molar-refractivity contribution in [1.29, 1.82) is 0 Å². The minimum absolute atomic E-state index is 0.0788. The van der Waals surface area contributed by atoms with E-state index in [0.717, 1.165) is 31.2 Å². The second kappa shape index (κ2) is 7.77. The highest BCUT2D eigenvalue weighted by Gasteiger charge is 2.27. The lowest BCUT2D eigenvalue weighted by molar-refractivity contribution is 0.0564. The molecule has 0 radical (unpaired) electrons. The lowest BCUT2D eigenvalue weighted by Crippen LogP contribution is -2.46. The molecular weight excluding hydrogens is 290 g/mol. The van der Waals surface area contributed by atoms with E-state index in [1.54, 1.807) is 24.3 Å². The zero-order valence-electron chi connectivity index (χ0n) is 14.5. The first-order valence-electron chi connectivity index (χ1n) is 8.47. The lowest BCUT2D eigenvalue weighted by Gasteiger charge is -2.32. The van der Waals surface area contributed by atoms with Crippen molar-refractivity contribution in [1.82, 2.24) is 15.2 Å². The minimum atomic E-state index is -0.271. The number of hydrogen-bond acceptors (Lipinski definition) is 3. The third-order valence-corrected chi connectivity index (χ3v) is 4.87. The molecule has 5 nitrogen and oxygen atoms in total. The van der Waals surface area contributed by atoms with Crippen molar-refractivity contribution in [3.05, 3.63) is 30.1 Å². The van der Waals surface area contributed by atoms with E-state index in [1.807, 2.05) is 12.1 Å². The van der Waals surface area contributed by atoms with Crippen molar-refractivity contribution in [2.45, 2.75) is 51.0 Å². The Kier molecular flexibility index (Phi) is 5.99. The average Bonchev–Trinajstić information content (AvgIpc) is 2.55. The Balaban J connectivity index is 1.84. The van der Waals surface area contributed by atoms with E-state index in [4.69, 9.17) is 0 Å². The number of nitrogens with zero attached hydrogens (tertiary/aromatic N) is 2. The van der Waals surface area contributed by atoms with Crippen LogP contribution < -0.4 is 5.32 Å². The van der Waals surface area contributed by atoms with Gasteiger partial charge in [-0.25, -0.2) is 4.79 Å². The number of amides is 2. The van der Waals surface area contributed by atoms with Gasteiger partial charge in [0, 0.05) is 43.9 Å². The fourth-order valence-corrected chi connectivity index (χ4v) is 3.17. The number of aliphatic hydroxyl groups is 1. The third-order valence-electron chi connectivity index (χ3n) is 4.87. The molecule has 2 amide bonds. The van der Waals surface area contributed by atoms with Gasteiger partial charge in [0.05, 0.1) is 6.10 Å². The number of carbonyl (C=O) groups is 1. The van der Waals surface area contributed by atoms with Crippen molar-refractivity contribution in [2.24, 2.45) is 5.92 Å². The van der Waals surface area contributed by atoms with Crippen LogP contribution in [0.1, 0.15) is 45.1 Å². The molecule has 1 aliphatic rings. The van der Waals surface area contributed by atoms with Gasteiger partial charge in [0.1, 0.15) is 0 Å². The Morgan fingerprint density at radius 3 is 2.65 bits per heavy atom. The van der Waals surface area contributed by atoms with Gasteiger partial charge in [-0.2, -0.15) is 0 Å². The van der Waals surface area contributed by atoms with Crippen LogP contribution in [0.2, 0.25) is 0 Å². The summed E-state index contributed by atoms with van der Waals surface area (Å²) in [5.41, 5.74) is 1.00. The maximum Gasteiger partial charge on any atom is 0.317 e. The zero-order chi connectivity index (χ0) is 16.9. The van der Waals surface area contributed by atoms with Crippen LogP contribution in [0.25, 0.3) is 0 Å². The molecule has 128 valence electrons. The number of rotatable bonds is 5. The largest absolute Gasteiger partial charge is 0.393 e. The third kappa shape index (κ3) is 4.93. The number of aromatic nitrogens is 1. The maximum atomic E-state index is 12.3. The summed E-state index contributed by atoms with van der Waals surface area (Å²) in [5, 5.41) is 13.1. The van der Waals surface area contributed by atoms with Gasteiger partial charge in [-0.15, -0.1) is 0 Å². The first-order chi connectivity index (χ1) is 10.9. The molecule has 0 unspecified atom stereocenters. The van der Waals surface area contributed by atoms with Crippen LogP contribution in [0.4, 0.5) is 4.79 Å². The summed E-state index contributed by atoms with van der Waals surface area (Å²) < 4.78 is 0. The summed E-state index contributed by atoms with van der Waals surface area (Å²) >= 11 is 0. The van der Waals surface area contributed by atoms with Crippen LogP contribution >= 0.6 is 0 Å². The van der Waals surface area contributed by atoms with Crippen LogP contribution in [0.15, 0.2) is 24.5 Å². The molecule has 1 aromatic heterocycles. The maximum absolute atomic E-state index is 12.3. The highest BCUT2D eigenvalue weighted by Crippen LogP contribution is 2.25. The quantitative estimate of drug-likeness (QED) is 0.876. The highest BCUT2D eigenvalue weighted by atomic mass is 16.3. The molecule has 1 heterocycles. The van der Waals surface area contributed by atoms with Crippen molar-refractivity contribution in [2.75, 3.05) is 20.1 Å². The summed E-state index contributed by atoms with van der Waals surface area (Å²) in [6.45, 7) is 5.39. The monoisotopic (exact) mass is 319 g/mol. The highest BCUT2D eigenvalue weighted by molar-refractivity contribution is 5.74. The number of nitrogens with one attached hydrogen (secondary N) is 1. The SMILES string of the molecule is CN(C[C@@H]1CCCC[C@@H]1O)C(=O)NCC(C)(C)c1ccncc1. The first-order valence-corrected chi connectivity index (χ1v) is 8.47. The molecule has 0 bridgehead atoms. The molecule has 0 aromatic carbocycles. The Morgan fingerprint density at radius 2 is 2.00 bits per heavy atom. The molecule has 1 saturated carbocycles. The van der Waals surface area contributed by atoms with Crippen molar-refractivity contribution in [3.63, 3.8) is 0 Å². The van der Waals surface area contributed by atoms with Crippen molar-refractivity contribution in [3.8, 4) is 0 Å². The predicted molar refractivity (Wildman–Crippen MR) is 91.3 cm³/mol. The molecule has 1 aliphatic carbocycles. The smallest absolute Gasteiger partial charge is 0.317 e. The fraction of sp³-hybridized carbons (Fsp3) is 0.667. The molecule has 23 heavy (non-hydrogen) atoms.